The van der Waals surface area contributed by atoms with Crippen molar-refractivity contribution >= 4 is 28.4 Å². The van der Waals surface area contributed by atoms with Gasteiger partial charge in [0.25, 0.3) is 5.91 Å². The standard InChI is InChI=1S/C15H12F5NO4S/c16-26(17,18,19,20)25-14-3-1-2-12(8-14)21-15(23)10-24-13-6-4-11(9-22)5-7-13/h1-9H,10H2,(H,21,23). The summed E-state index contributed by atoms with van der Waals surface area (Å²) >= 11 is 0. The topological polar surface area (TPSA) is 64.6 Å². The Labute approximate surface area is 144 Å². The molecule has 142 valence electrons. The molecule has 11 heteroatoms. The molecule has 0 aliphatic heterocycles. The number of benzene rings is 2. The molecule has 0 saturated heterocycles. The van der Waals surface area contributed by atoms with Crippen molar-refractivity contribution in [3.05, 3.63) is 54.1 Å². The Bertz CT molecular complexity index is 825. The molecular formula is C15H12F5NO4S. The lowest BCUT2D eigenvalue weighted by atomic mass is 10.2. The van der Waals surface area contributed by atoms with Crippen molar-refractivity contribution in [2.75, 3.05) is 11.9 Å². The molecular weight excluding hydrogens is 385 g/mol. The lowest BCUT2D eigenvalue weighted by Gasteiger charge is -2.39. The average Bonchev–Trinajstić information content (AvgIpc) is 2.50. The highest BCUT2D eigenvalue weighted by Gasteiger charge is 2.67. The molecule has 0 bridgehead atoms. The number of ether oxygens (including phenoxy) is 1. The highest BCUT2D eigenvalue weighted by molar-refractivity contribution is 8.42. The molecule has 1 N–H and O–H groups in total. The Morgan fingerprint density at radius 3 is 2.23 bits per heavy atom. The fourth-order valence-corrected chi connectivity index (χ4v) is 2.26. The average molecular weight is 397 g/mol. The zero-order valence-electron chi connectivity index (χ0n) is 12.8. The van der Waals surface area contributed by atoms with Crippen LogP contribution in [-0.2, 0) is 4.79 Å². The molecule has 0 aliphatic carbocycles. The number of carbonyl (C=O) groups excluding carboxylic acids is 2. The molecule has 5 nitrogen and oxygen atoms in total. The maximum absolute atomic E-state index is 12.3. The van der Waals surface area contributed by atoms with E-state index in [2.05, 4.69) is 9.50 Å². The molecule has 0 unspecified atom stereocenters. The molecule has 2 rings (SSSR count). The van der Waals surface area contributed by atoms with Crippen molar-refractivity contribution < 1.29 is 37.9 Å². The van der Waals surface area contributed by atoms with Crippen molar-refractivity contribution in [3.8, 4) is 11.5 Å². The zero-order chi connectivity index (χ0) is 19.5. The second kappa shape index (κ2) is 6.16. The summed E-state index contributed by atoms with van der Waals surface area (Å²) in [6.07, 6.45) is 0.623. The van der Waals surface area contributed by atoms with Gasteiger partial charge in [0.05, 0.1) is 0 Å². The number of halogens is 5. The largest absolute Gasteiger partial charge is 0.484 e. The molecule has 2 aromatic rings. The highest BCUT2D eigenvalue weighted by atomic mass is 32.5. The molecule has 0 atom stereocenters. The van der Waals surface area contributed by atoms with Gasteiger partial charge < -0.3 is 14.2 Å². The Hall–Kier alpha value is -2.82. The van der Waals surface area contributed by atoms with Crippen LogP contribution in [0.3, 0.4) is 0 Å². The molecule has 0 aliphatic rings. The molecule has 2 aromatic carbocycles. The summed E-state index contributed by atoms with van der Waals surface area (Å²) in [6, 6.07) is 9.29. The number of hydrogen-bond donors (Lipinski definition) is 1. The number of aldehydes is 1. The van der Waals surface area contributed by atoms with Gasteiger partial charge in [-0.1, -0.05) is 25.5 Å². The molecule has 0 heterocycles. The fourth-order valence-electron chi connectivity index (χ4n) is 1.80. The zero-order valence-corrected chi connectivity index (χ0v) is 13.7. The third-order valence-corrected chi connectivity index (χ3v) is 3.27. The second-order valence-electron chi connectivity index (χ2n) is 5.03. The van der Waals surface area contributed by atoms with E-state index in [1.54, 1.807) is 0 Å². The van der Waals surface area contributed by atoms with Crippen LogP contribution < -0.4 is 14.2 Å². The molecule has 0 saturated carbocycles. The maximum Gasteiger partial charge on any atom is 0.435 e. The lowest BCUT2D eigenvalue weighted by molar-refractivity contribution is -0.118. The van der Waals surface area contributed by atoms with Crippen LogP contribution in [0.2, 0.25) is 0 Å². The Balaban J connectivity index is 1.96. The third-order valence-electron chi connectivity index (χ3n) is 2.76. The quantitative estimate of drug-likeness (QED) is 0.521. The second-order valence-corrected chi connectivity index (χ2v) is 7.00. The van der Waals surface area contributed by atoms with E-state index < -0.39 is 28.8 Å². The highest BCUT2D eigenvalue weighted by Crippen LogP contribution is 2.97. The molecule has 1 amide bonds. The van der Waals surface area contributed by atoms with Crippen LogP contribution in [0, 0.1) is 0 Å². The normalized spacial score (nSPS) is 13.9. The van der Waals surface area contributed by atoms with Crippen molar-refractivity contribution in [1.29, 1.82) is 0 Å². The van der Waals surface area contributed by atoms with Gasteiger partial charge in [-0.15, -0.1) is 0 Å². The smallest absolute Gasteiger partial charge is 0.435 e. The van der Waals surface area contributed by atoms with E-state index in [1.165, 1.54) is 30.3 Å². The summed E-state index contributed by atoms with van der Waals surface area (Å²) in [5.41, 5.74) is 0.219. The summed E-state index contributed by atoms with van der Waals surface area (Å²) in [5, 5.41) is 2.19. The Morgan fingerprint density at radius 1 is 1.00 bits per heavy atom. The van der Waals surface area contributed by atoms with Gasteiger partial charge in [-0.25, -0.2) is 0 Å². The van der Waals surface area contributed by atoms with Crippen LogP contribution in [0.4, 0.5) is 25.1 Å². The minimum absolute atomic E-state index is 0.186. The van der Waals surface area contributed by atoms with Gasteiger partial charge in [0.15, 0.2) is 6.61 Å². The van der Waals surface area contributed by atoms with E-state index >= 15 is 0 Å². The fraction of sp³-hybridized carbons (Fsp3) is 0.0667. The minimum Gasteiger partial charge on any atom is -0.484 e. The molecule has 0 radical (unpaired) electrons. The van der Waals surface area contributed by atoms with Gasteiger partial charge in [-0.05, 0) is 36.4 Å². The van der Waals surface area contributed by atoms with Crippen molar-refractivity contribution in [2.45, 2.75) is 0 Å². The number of hydrogen-bond acceptors (Lipinski definition) is 4. The van der Waals surface area contributed by atoms with E-state index in [0.717, 1.165) is 6.07 Å². The Kier molecular flexibility index (Phi) is 4.62. The van der Waals surface area contributed by atoms with E-state index in [1.807, 2.05) is 0 Å². The SMILES string of the molecule is O=Cc1ccc(OCC(=O)Nc2cccc(OS(F)(F)(F)(F)F)c2)cc1. The van der Waals surface area contributed by atoms with Crippen molar-refractivity contribution in [1.82, 2.24) is 0 Å². The summed E-state index contributed by atoms with van der Waals surface area (Å²) in [4.78, 5) is 22.2. The van der Waals surface area contributed by atoms with Crippen LogP contribution in [0.5, 0.6) is 11.5 Å². The molecule has 0 fully saturated rings. The van der Waals surface area contributed by atoms with Gasteiger partial charge in [0, 0.05) is 17.3 Å². The monoisotopic (exact) mass is 397 g/mol. The minimum atomic E-state index is -10.1. The van der Waals surface area contributed by atoms with Crippen molar-refractivity contribution in [3.63, 3.8) is 0 Å². The molecule has 26 heavy (non-hydrogen) atoms. The first-order valence-corrected chi connectivity index (χ1v) is 8.74. The van der Waals surface area contributed by atoms with E-state index in [-0.39, 0.29) is 11.4 Å². The summed E-state index contributed by atoms with van der Waals surface area (Å²) in [6.45, 7) is -0.493. The molecule has 0 spiro atoms. The molecule has 0 aromatic heterocycles. The predicted molar refractivity (Wildman–Crippen MR) is 86.2 cm³/mol. The van der Waals surface area contributed by atoms with Gasteiger partial charge in [-0.3, -0.25) is 9.59 Å². The first-order valence-electron chi connectivity index (χ1n) is 6.86. The third kappa shape index (κ3) is 6.97. The summed E-state index contributed by atoms with van der Waals surface area (Å²) in [5.74, 6) is -1.62. The maximum atomic E-state index is 12.3. The predicted octanol–water partition coefficient (Wildman–Crippen LogP) is 5.11. The van der Waals surface area contributed by atoms with E-state index in [4.69, 9.17) is 4.74 Å². The summed E-state index contributed by atoms with van der Waals surface area (Å²) in [7, 11) is -10.1. The first-order chi connectivity index (χ1) is 11.8. The van der Waals surface area contributed by atoms with Crippen molar-refractivity contribution in [2.24, 2.45) is 0 Å². The summed E-state index contributed by atoms with van der Waals surface area (Å²) < 4.78 is 69.6. The van der Waals surface area contributed by atoms with Crippen LogP contribution in [0.15, 0.2) is 48.5 Å². The van der Waals surface area contributed by atoms with Gasteiger partial charge in [0.2, 0.25) is 0 Å². The lowest BCUT2D eigenvalue weighted by Crippen LogP contribution is -2.20. The number of rotatable bonds is 7. The van der Waals surface area contributed by atoms with Crippen LogP contribution in [-0.4, -0.2) is 18.8 Å². The number of anilines is 1. The van der Waals surface area contributed by atoms with E-state index in [0.29, 0.717) is 24.0 Å². The Morgan fingerprint density at radius 2 is 1.65 bits per heavy atom. The number of nitrogens with one attached hydrogen (secondary N) is 1. The van der Waals surface area contributed by atoms with Crippen LogP contribution in [0.25, 0.3) is 0 Å². The number of carbonyl (C=O) groups is 2. The van der Waals surface area contributed by atoms with Gasteiger partial charge in [0.1, 0.15) is 17.8 Å². The van der Waals surface area contributed by atoms with Gasteiger partial charge in [-0.2, -0.15) is 0 Å². The van der Waals surface area contributed by atoms with Crippen LogP contribution in [0.1, 0.15) is 10.4 Å². The van der Waals surface area contributed by atoms with E-state index in [9.17, 15) is 29.0 Å². The first kappa shape index (κ1) is 19.5. The van der Waals surface area contributed by atoms with Gasteiger partial charge >= 0.3 is 10.5 Å². The van der Waals surface area contributed by atoms with Crippen LogP contribution >= 0.6 is 10.5 Å². The number of amides is 1.